The van der Waals surface area contributed by atoms with Crippen LogP contribution in [0.5, 0.6) is 11.5 Å². The zero-order valence-electron chi connectivity index (χ0n) is 9.56. The van der Waals surface area contributed by atoms with Crippen molar-refractivity contribution in [3.8, 4) is 11.5 Å². The summed E-state index contributed by atoms with van der Waals surface area (Å²) in [4.78, 5) is 0. The van der Waals surface area contributed by atoms with Crippen molar-refractivity contribution < 1.29 is 14.6 Å². The summed E-state index contributed by atoms with van der Waals surface area (Å²) < 4.78 is 10.6. The van der Waals surface area contributed by atoms with E-state index in [1.54, 1.807) is 6.92 Å². The second kappa shape index (κ2) is 4.72. The van der Waals surface area contributed by atoms with E-state index in [0.29, 0.717) is 13.3 Å². The summed E-state index contributed by atoms with van der Waals surface area (Å²) >= 11 is 0. The van der Waals surface area contributed by atoms with Crippen LogP contribution >= 0.6 is 0 Å². The second-order valence-electron chi connectivity index (χ2n) is 4.09. The molecule has 88 valence electrons. The van der Waals surface area contributed by atoms with Crippen LogP contribution in [0.4, 0.5) is 0 Å². The highest BCUT2D eigenvalue weighted by atomic mass is 16.7. The molecule has 2 rings (SSSR count). The number of fused-ring (bicyclic) bond motifs is 1. The Morgan fingerprint density at radius 1 is 1.31 bits per heavy atom. The predicted molar refractivity (Wildman–Crippen MR) is 60.7 cm³/mol. The lowest BCUT2D eigenvalue weighted by atomic mass is 10.1. The topological polar surface area (TPSA) is 50.7 Å². The summed E-state index contributed by atoms with van der Waals surface area (Å²) in [5.41, 5.74) is 1.13. The van der Waals surface area contributed by atoms with Crippen molar-refractivity contribution in [2.75, 3.05) is 13.3 Å². The molecule has 0 aromatic heterocycles. The maximum Gasteiger partial charge on any atom is 0.231 e. The maximum absolute atomic E-state index is 9.20. The first-order chi connectivity index (χ1) is 7.66. The van der Waals surface area contributed by atoms with Crippen LogP contribution in [-0.2, 0) is 0 Å². The highest BCUT2D eigenvalue weighted by molar-refractivity contribution is 5.45. The average Bonchev–Trinajstić information content (AvgIpc) is 2.72. The van der Waals surface area contributed by atoms with Crippen molar-refractivity contribution in [3.63, 3.8) is 0 Å². The van der Waals surface area contributed by atoms with Crippen LogP contribution in [-0.4, -0.2) is 24.5 Å². The Labute approximate surface area is 95.2 Å². The Morgan fingerprint density at radius 2 is 2.06 bits per heavy atom. The van der Waals surface area contributed by atoms with E-state index >= 15 is 0 Å². The molecule has 1 aliphatic heterocycles. The van der Waals surface area contributed by atoms with Crippen molar-refractivity contribution in [3.05, 3.63) is 23.8 Å². The standard InChI is InChI=1S/C12H17NO3/c1-8(14)6-13-9(2)10-3-4-11-12(5-10)16-7-15-11/h3-5,8-9,13-14H,6-7H2,1-2H3/t8-,9?/m1/s1. The van der Waals surface area contributed by atoms with Gasteiger partial charge in [-0.25, -0.2) is 0 Å². The molecule has 0 saturated carbocycles. The number of ether oxygens (including phenoxy) is 2. The van der Waals surface area contributed by atoms with Crippen LogP contribution in [0.25, 0.3) is 0 Å². The van der Waals surface area contributed by atoms with E-state index in [2.05, 4.69) is 12.2 Å². The third kappa shape index (κ3) is 2.46. The monoisotopic (exact) mass is 223 g/mol. The summed E-state index contributed by atoms with van der Waals surface area (Å²) in [5, 5.41) is 12.4. The summed E-state index contributed by atoms with van der Waals surface area (Å²) in [6.45, 7) is 4.70. The molecule has 1 aliphatic rings. The van der Waals surface area contributed by atoms with Gasteiger partial charge in [-0.1, -0.05) is 6.07 Å². The zero-order valence-corrected chi connectivity index (χ0v) is 9.56. The van der Waals surface area contributed by atoms with Crippen LogP contribution in [0.1, 0.15) is 25.5 Å². The molecule has 4 nitrogen and oxygen atoms in total. The molecule has 0 aliphatic carbocycles. The second-order valence-corrected chi connectivity index (χ2v) is 4.09. The summed E-state index contributed by atoms with van der Waals surface area (Å²) in [5.74, 6) is 1.59. The van der Waals surface area contributed by atoms with Gasteiger partial charge in [0.15, 0.2) is 11.5 Å². The number of nitrogens with one attached hydrogen (secondary N) is 1. The number of aliphatic hydroxyl groups excluding tert-OH is 1. The number of hydrogen-bond donors (Lipinski definition) is 2. The fourth-order valence-corrected chi connectivity index (χ4v) is 1.65. The summed E-state index contributed by atoms with van der Waals surface area (Å²) in [7, 11) is 0. The number of rotatable bonds is 4. The van der Waals surface area contributed by atoms with Gasteiger partial charge in [-0.2, -0.15) is 0 Å². The third-order valence-electron chi connectivity index (χ3n) is 2.62. The molecule has 1 aromatic carbocycles. The fourth-order valence-electron chi connectivity index (χ4n) is 1.65. The van der Waals surface area contributed by atoms with Crippen molar-refractivity contribution in [2.45, 2.75) is 26.0 Å². The smallest absolute Gasteiger partial charge is 0.231 e. The van der Waals surface area contributed by atoms with Gasteiger partial charge < -0.3 is 19.9 Å². The van der Waals surface area contributed by atoms with Gasteiger partial charge in [0, 0.05) is 12.6 Å². The zero-order chi connectivity index (χ0) is 11.5. The Bertz CT molecular complexity index is 365. The number of hydrogen-bond acceptors (Lipinski definition) is 4. The van der Waals surface area contributed by atoms with Crippen LogP contribution in [0.2, 0.25) is 0 Å². The van der Waals surface area contributed by atoms with Gasteiger partial charge in [-0.05, 0) is 31.5 Å². The normalized spacial score (nSPS) is 17.2. The number of benzene rings is 1. The molecular formula is C12H17NO3. The van der Waals surface area contributed by atoms with Crippen molar-refractivity contribution in [2.24, 2.45) is 0 Å². The molecule has 0 bridgehead atoms. The largest absolute Gasteiger partial charge is 0.454 e. The van der Waals surface area contributed by atoms with Crippen LogP contribution in [0.15, 0.2) is 18.2 Å². The molecule has 1 aromatic rings. The molecule has 2 atom stereocenters. The first kappa shape index (κ1) is 11.2. The molecule has 0 spiro atoms. The summed E-state index contributed by atoms with van der Waals surface area (Å²) in [6, 6.07) is 6.08. The molecule has 1 unspecified atom stereocenters. The third-order valence-corrected chi connectivity index (χ3v) is 2.62. The lowest BCUT2D eigenvalue weighted by molar-refractivity contribution is 0.174. The van der Waals surface area contributed by atoms with Gasteiger partial charge in [0.05, 0.1) is 6.10 Å². The average molecular weight is 223 g/mol. The molecule has 1 heterocycles. The highest BCUT2D eigenvalue weighted by Crippen LogP contribution is 2.33. The van der Waals surface area contributed by atoms with Crippen molar-refractivity contribution >= 4 is 0 Å². The van der Waals surface area contributed by atoms with Gasteiger partial charge in [-0.15, -0.1) is 0 Å². The Kier molecular flexibility index (Phi) is 3.31. The van der Waals surface area contributed by atoms with Crippen molar-refractivity contribution in [1.82, 2.24) is 5.32 Å². The maximum atomic E-state index is 9.20. The molecule has 2 N–H and O–H groups in total. The molecule has 4 heteroatoms. The van der Waals surface area contributed by atoms with E-state index in [4.69, 9.17) is 9.47 Å². The van der Waals surface area contributed by atoms with Gasteiger partial charge in [0.2, 0.25) is 6.79 Å². The van der Waals surface area contributed by atoms with E-state index in [0.717, 1.165) is 17.1 Å². The molecule has 0 amide bonds. The highest BCUT2D eigenvalue weighted by Gasteiger charge is 2.15. The van der Waals surface area contributed by atoms with E-state index in [1.807, 2.05) is 18.2 Å². The SMILES string of the molecule is CC(NC[C@@H](C)O)c1ccc2c(c1)OCO2. The van der Waals surface area contributed by atoms with Crippen molar-refractivity contribution in [1.29, 1.82) is 0 Å². The molecule has 0 radical (unpaired) electrons. The summed E-state index contributed by atoms with van der Waals surface area (Å²) in [6.07, 6.45) is -0.337. The quantitative estimate of drug-likeness (QED) is 0.811. The lowest BCUT2D eigenvalue weighted by Gasteiger charge is -2.15. The lowest BCUT2D eigenvalue weighted by Crippen LogP contribution is -2.27. The number of aliphatic hydroxyl groups is 1. The molecular weight excluding hydrogens is 206 g/mol. The minimum atomic E-state index is -0.337. The fraction of sp³-hybridized carbons (Fsp3) is 0.500. The Balaban J connectivity index is 2.03. The van der Waals surface area contributed by atoms with Crippen LogP contribution in [0, 0.1) is 0 Å². The van der Waals surface area contributed by atoms with Gasteiger partial charge >= 0.3 is 0 Å². The molecule has 0 fully saturated rings. The van der Waals surface area contributed by atoms with Gasteiger partial charge in [0.25, 0.3) is 0 Å². The predicted octanol–water partition coefficient (Wildman–Crippen LogP) is 1.45. The minimum Gasteiger partial charge on any atom is -0.454 e. The van der Waals surface area contributed by atoms with E-state index in [1.165, 1.54) is 0 Å². The molecule has 16 heavy (non-hydrogen) atoms. The van der Waals surface area contributed by atoms with Gasteiger partial charge in [0.1, 0.15) is 0 Å². The Morgan fingerprint density at radius 3 is 2.81 bits per heavy atom. The van der Waals surface area contributed by atoms with E-state index in [9.17, 15) is 5.11 Å². The van der Waals surface area contributed by atoms with E-state index < -0.39 is 0 Å². The first-order valence-electron chi connectivity index (χ1n) is 5.48. The minimum absolute atomic E-state index is 0.184. The molecule has 0 saturated heterocycles. The van der Waals surface area contributed by atoms with Gasteiger partial charge in [-0.3, -0.25) is 0 Å². The van der Waals surface area contributed by atoms with Crippen LogP contribution in [0.3, 0.4) is 0 Å². The van der Waals surface area contributed by atoms with E-state index in [-0.39, 0.29) is 12.1 Å². The Hall–Kier alpha value is -1.26. The first-order valence-corrected chi connectivity index (χ1v) is 5.48. The van der Waals surface area contributed by atoms with Crippen LogP contribution < -0.4 is 14.8 Å².